The summed E-state index contributed by atoms with van der Waals surface area (Å²) in [5, 5.41) is 2.89. The number of hydrogen-bond acceptors (Lipinski definition) is 4. The van der Waals surface area contributed by atoms with Gasteiger partial charge in [0.1, 0.15) is 17.5 Å². The van der Waals surface area contributed by atoms with E-state index >= 15 is 0 Å². The third-order valence-corrected chi connectivity index (χ3v) is 4.51. The highest BCUT2D eigenvalue weighted by molar-refractivity contribution is 5.97. The van der Waals surface area contributed by atoms with Crippen LogP contribution >= 0.6 is 0 Å². The van der Waals surface area contributed by atoms with Gasteiger partial charge in [-0.25, -0.2) is 5.43 Å². The van der Waals surface area contributed by atoms with E-state index in [0.717, 1.165) is 5.56 Å². The van der Waals surface area contributed by atoms with Gasteiger partial charge in [-0.15, -0.1) is 0 Å². The van der Waals surface area contributed by atoms with Gasteiger partial charge in [-0.3, -0.25) is 15.0 Å². The van der Waals surface area contributed by atoms with Gasteiger partial charge in [0.15, 0.2) is 0 Å². The van der Waals surface area contributed by atoms with Crippen molar-refractivity contribution in [3.63, 3.8) is 0 Å². The first-order valence-electron chi connectivity index (χ1n) is 9.17. The highest BCUT2D eigenvalue weighted by Crippen LogP contribution is 2.26. The molecular weight excluding hydrogens is 368 g/mol. The first-order valence-corrected chi connectivity index (χ1v) is 9.17. The topological polar surface area (TPSA) is 84.4 Å². The van der Waals surface area contributed by atoms with Crippen LogP contribution in [0.2, 0.25) is 0 Å². The van der Waals surface area contributed by atoms with E-state index in [2.05, 4.69) is 16.2 Å². The lowest BCUT2D eigenvalue weighted by molar-refractivity contribution is -0.118. The second-order valence-corrected chi connectivity index (χ2v) is 6.64. The van der Waals surface area contributed by atoms with Crippen LogP contribution in [0, 0.1) is 6.92 Å². The Kier molecular flexibility index (Phi) is 6.31. The number of hydrazine groups is 1. The Balaban J connectivity index is 1.80. The third kappa shape index (κ3) is 4.83. The summed E-state index contributed by atoms with van der Waals surface area (Å²) >= 11 is 0. The minimum absolute atomic E-state index is 0.327. The Morgan fingerprint density at radius 1 is 1.03 bits per heavy atom. The van der Waals surface area contributed by atoms with Crippen molar-refractivity contribution in [2.45, 2.75) is 13.0 Å². The molecule has 0 bridgehead atoms. The number of carbonyl (C=O) groups is 2. The summed E-state index contributed by atoms with van der Waals surface area (Å²) in [6.07, 6.45) is 1.78. The fourth-order valence-electron chi connectivity index (χ4n) is 2.97. The van der Waals surface area contributed by atoms with Crippen LogP contribution in [-0.2, 0) is 11.8 Å². The van der Waals surface area contributed by atoms with Gasteiger partial charge in [0.05, 0.1) is 12.8 Å². The number of nitrogens with one attached hydrogen (secondary N) is 3. The zero-order valence-electron chi connectivity index (χ0n) is 16.6. The summed E-state index contributed by atoms with van der Waals surface area (Å²) in [6.45, 7) is 1.93. The molecule has 7 nitrogen and oxygen atoms in total. The third-order valence-electron chi connectivity index (χ3n) is 4.51. The van der Waals surface area contributed by atoms with Crippen molar-refractivity contribution in [2.24, 2.45) is 7.05 Å². The summed E-state index contributed by atoms with van der Waals surface area (Å²) in [6, 6.07) is 17.4. The van der Waals surface area contributed by atoms with Crippen LogP contribution in [0.3, 0.4) is 0 Å². The summed E-state index contributed by atoms with van der Waals surface area (Å²) in [5.74, 6) is -0.102. The molecule has 0 saturated heterocycles. The predicted octanol–water partition coefficient (Wildman–Crippen LogP) is 2.96. The van der Waals surface area contributed by atoms with Gasteiger partial charge in [0, 0.05) is 13.2 Å². The van der Waals surface area contributed by atoms with Gasteiger partial charge in [-0.05, 0) is 42.3 Å². The molecule has 150 valence electrons. The van der Waals surface area contributed by atoms with E-state index in [1.807, 2.05) is 49.4 Å². The monoisotopic (exact) mass is 392 g/mol. The molecule has 0 spiro atoms. The van der Waals surface area contributed by atoms with Crippen molar-refractivity contribution in [3.05, 3.63) is 83.7 Å². The first-order chi connectivity index (χ1) is 14.0. The lowest BCUT2D eigenvalue weighted by Crippen LogP contribution is -2.45. The van der Waals surface area contributed by atoms with Crippen LogP contribution in [0.15, 0.2) is 66.9 Å². The lowest BCUT2D eigenvalue weighted by atomic mass is 10.1. The van der Waals surface area contributed by atoms with E-state index < -0.39 is 6.04 Å². The lowest BCUT2D eigenvalue weighted by Gasteiger charge is -2.20. The molecule has 0 unspecified atom stereocenters. The second kappa shape index (κ2) is 9.07. The van der Waals surface area contributed by atoms with E-state index in [9.17, 15) is 9.59 Å². The SMILES string of the molecule is COc1ccc(C)cc1NC(=O)[C@H](NNC(=O)c1cccn1C)c1ccccc1. The van der Waals surface area contributed by atoms with Gasteiger partial charge in [-0.1, -0.05) is 36.4 Å². The quantitative estimate of drug-likeness (QED) is 0.540. The Labute approximate surface area is 169 Å². The number of hydrogen-bond donors (Lipinski definition) is 3. The number of benzene rings is 2. The zero-order valence-corrected chi connectivity index (χ0v) is 16.6. The van der Waals surface area contributed by atoms with E-state index in [4.69, 9.17) is 4.74 Å². The van der Waals surface area contributed by atoms with Crippen molar-refractivity contribution < 1.29 is 14.3 Å². The molecule has 3 aromatic rings. The predicted molar refractivity (Wildman–Crippen MR) is 112 cm³/mol. The van der Waals surface area contributed by atoms with Gasteiger partial charge in [0.25, 0.3) is 5.91 Å². The van der Waals surface area contributed by atoms with Gasteiger partial charge in [-0.2, -0.15) is 0 Å². The smallest absolute Gasteiger partial charge is 0.282 e. The van der Waals surface area contributed by atoms with E-state index in [1.165, 1.54) is 0 Å². The molecule has 1 atom stereocenters. The molecule has 2 amide bonds. The maximum absolute atomic E-state index is 13.1. The largest absolute Gasteiger partial charge is 0.495 e. The molecule has 3 rings (SSSR count). The molecule has 3 N–H and O–H groups in total. The van der Waals surface area contributed by atoms with Crippen molar-refractivity contribution in [3.8, 4) is 5.75 Å². The molecule has 2 aromatic carbocycles. The number of aromatic nitrogens is 1. The minimum atomic E-state index is -0.800. The maximum Gasteiger partial charge on any atom is 0.282 e. The van der Waals surface area contributed by atoms with Crippen LogP contribution in [0.25, 0.3) is 0 Å². The molecule has 1 aromatic heterocycles. The number of carbonyl (C=O) groups excluding carboxylic acids is 2. The number of rotatable bonds is 7. The molecule has 1 heterocycles. The van der Waals surface area contributed by atoms with Gasteiger partial charge >= 0.3 is 0 Å². The van der Waals surface area contributed by atoms with E-state index in [1.54, 1.807) is 43.1 Å². The van der Waals surface area contributed by atoms with Crippen molar-refractivity contribution in [2.75, 3.05) is 12.4 Å². The number of methoxy groups -OCH3 is 1. The fourth-order valence-corrected chi connectivity index (χ4v) is 2.97. The van der Waals surface area contributed by atoms with Crippen molar-refractivity contribution >= 4 is 17.5 Å². The Bertz CT molecular complexity index is 998. The summed E-state index contributed by atoms with van der Waals surface area (Å²) in [5.41, 5.74) is 8.23. The molecule has 7 heteroatoms. The minimum Gasteiger partial charge on any atom is -0.495 e. The summed E-state index contributed by atoms with van der Waals surface area (Å²) in [4.78, 5) is 25.5. The molecule has 0 fully saturated rings. The zero-order chi connectivity index (χ0) is 20.8. The van der Waals surface area contributed by atoms with Crippen molar-refractivity contribution in [1.29, 1.82) is 0 Å². The standard InChI is InChI=1S/C22H24N4O3/c1-15-11-12-19(29-3)17(14-15)23-22(28)20(16-8-5-4-6-9-16)24-25-21(27)18-10-7-13-26(18)2/h4-14,20,24H,1-3H3,(H,23,28)(H,25,27)/t20-/m1/s1. The Hall–Kier alpha value is -3.58. The van der Waals surface area contributed by atoms with Crippen LogP contribution in [0.1, 0.15) is 27.7 Å². The molecule has 0 radical (unpaired) electrons. The maximum atomic E-state index is 13.1. The highest BCUT2D eigenvalue weighted by atomic mass is 16.5. The van der Waals surface area contributed by atoms with Gasteiger partial charge in [0.2, 0.25) is 5.91 Å². The second-order valence-electron chi connectivity index (χ2n) is 6.64. The number of ether oxygens (including phenoxy) is 1. The molecular formula is C22H24N4O3. The van der Waals surface area contributed by atoms with Crippen LogP contribution in [0.5, 0.6) is 5.75 Å². The Morgan fingerprint density at radius 2 is 1.79 bits per heavy atom. The van der Waals surface area contributed by atoms with Crippen molar-refractivity contribution in [1.82, 2.24) is 15.4 Å². The summed E-state index contributed by atoms with van der Waals surface area (Å²) < 4.78 is 7.04. The van der Waals surface area contributed by atoms with E-state index in [-0.39, 0.29) is 11.8 Å². The van der Waals surface area contributed by atoms with Gasteiger partial charge < -0.3 is 14.6 Å². The molecule has 29 heavy (non-hydrogen) atoms. The number of nitrogens with zero attached hydrogens (tertiary/aromatic N) is 1. The highest BCUT2D eigenvalue weighted by Gasteiger charge is 2.23. The molecule has 0 aliphatic heterocycles. The van der Waals surface area contributed by atoms with E-state index in [0.29, 0.717) is 22.7 Å². The Morgan fingerprint density at radius 3 is 2.45 bits per heavy atom. The van der Waals surface area contributed by atoms with Crippen LogP contribution in [-0.4, -0.2) is 23.5 Å². The number of anilines is 1. The average molecular weight is 392 g/mol. The number of aryl methyl sites for hydroxylation is 2. The normalized spacial score (nSPS) is 11.6. The summed E-state index contributed by atoms with van der Waals surface area (Å²) in [7, 11) is 3.33. The average Bonchev–Trinajstić information content (AvgIpc) is 3.15. The van der Waals surface area contributed by atoms with Crippen LogP contribution < -0.4 is 20.9 Å². The first kappa shape index (κ1) is 20.2. The molecule has 0 aliphatic rings. The van der Waals surface area contributed by atoms with Crippen LogP contribution in [0.4, 0.5) is 5.69 Å². The molecule has 0 saturated carbocycles. The fraction of sp³-hybridized carbons (Fsp3) is 0.182. The molecule has 0 aliphatic carbocycles. The number of amides is 2.